The smallest absolute Gasteiger partial charge is 0.0490 e. The predicted molar refractivity (Wildman–Crippen MR) is 236 cm³/mol. The fourth-order valence-corrected chi connectivity index (χ4v) is 9.03. The van der Waals surface area contributed by atoms with Crippen molar-refractivity contribution in [1.29, 1.82) is 0 Å². The molecule has 0 amide bonds. The van der Waals surface area contributed by atoms with Crippen LogP contribution in [0.2, 0.25) is 0 Å². The van der Waals surface area contributed by atoms with Gasteiger partial charge in [0.1, 0.15) is 0 Å². The zero-order valence-electron chi connectivity index (χ0n) is 32.2. The van der Waals surface area contributed by atoms with Gasteiger partial charge in [-0.25, -0.2) is 0 Å². The molecule has 6 aromatic rings. The van der Waals surface area contributed by atoms with Crippen LogP contribution in [0.15, 0.2) is 170 Å². The number of anilines is 4. The molecule has 0 unspecified atom stereocenters. The molecule has 2 heteroatoms. The standard InChI is InChI=1S/C53H48N2/c1-5-6-12-40-25-26-44-14-8-10-17-52(44)55(37(40)2)45-29-27-42(28-30-45)41-23-20-38(21-24-41)18-19-39-22-32-47-48-33-31-46(36-50(48)53(3,4)49(47)35-39)54-34-11-15-43-13-7-9-16-51(43)54/h5-10,12-14,16-24,27-33,35-36H,1,11,15,25-26,34H2,2-4H3. The van der Waals surface area contributed by atoms with E-state index in [4.69, 9.17) is 0 Å². The Kier molecular flexibility index (Phi) is 8.98. The van der Waals surface area contributed by atoms with Crippen molar-refractivity contribution in [3.63, 3.8) is 0 Å². The van der Waals surface area contributed by atoms with Gasteiger partial charge in [-0.1, -0.05) is 148 Å². The summed E-state index contributed by atoms with van der Waals surface area (Å²) < 4.78 is 0. The Balaban J connectivity index is 0.928. The first kappa shape index (κ1) is 34.6. The summed E-state index contributed by atoms with van der Waals surface area (Å²) in [7, 11) is 0. The van der Waals surface area contributed by atoms with E-state index in [0.29, 0.717) is 0 Å². The molecule has 9 rings (SSSR count). The first-order chi connectivity index (χ1) is 26.9. The lowest BCUT2D eigenvalue weighted by Gasteiger charge is -2.32. The third kappa shape index (κ3) is 6.36. The molecule has 1 aliphatic carbocycles. The summed E-state index contributed by atoms with van der Waals surface area (Å²) in [5.74, 6) is 0. The van der Waals surface area contributed by atoms with Crippen molar-refractivity contribution in [3.8, 4) is 22.3 Å². The van der Waals surface area contributed by atoms with E-state index in [9.17, 15) is 0 Å². The normalized spacial score (nSPS) is 15.8. The number of benzene rings is 6. The summed E-state index contributed by atoms with van der Waals surface area (Å²) in [5.41, 5.74) is 20.8. The van der Waals surface area contributed by atoms with Crippen molar-refractivity contribution in [2.75, 3.05) is 16.3 Å². The maximum atomic E-state index is 3.89. The average molecular weight is 713 g/mol. The first-order valence-electron chi connectivity index (χ1n) is 19.8. The highest BCUT2D eigenvalue weighted by Gasteiger charge is 2.36. The molecule has 0 fully saturated rings. The molecule has 6 aromatic carbocycles. The number of aryl methyl sites for hydroxylation is 2. The van der Waals surface area contributed by atoms with Crippen molar-refractivity contribution >= 4 is 34.9 Å². The van der Waals surface area contributed by atoms with E-state index >= 15 is 0 Å². The minimum atomic E-state index is -0.0759. The van der Waals surface area contributed by atoms with E-state index in [1.807, 2.05) is 12.2 Å². The van der Waals surface area contributed by atoms with Crippen LogP contribution in [0.5, 0.6) is 0 Å². The molecule has 2 heterocycles. The molecule has 0 saturated carbocycles. The highest BCUT2D eigenvalue weighted by molar-refractivity contribution is 5.85. The number of allylic oxidation sites excluding steroid dienone is 5. The van der Waals surface area contributed by atoms with E-state index in [0.717, 1.165) is 25.8 Å². The maximum Gasteiger partial charge on any atom is 0.0490 e. The van der Waals surface area contributed by atoms with Crippen molar-refractivity contribution in [2.24, 2.45) is 0 Å². The second kappa shape index (κ2) is 14.3. The third-order valence-electron chi connectivity index (χ3n) is 12.1. The van der Waals surface area contributed by atoms with Crippen LogP contribution in [-0.4, -0.2) is 6.54 Å². The number of hydrogen-bond donors (Lipinski definition) is 0. The van der Waals surface area contributed by atoms with Gasteiger partial charge in [0.25, 0.3) is 0 Å². The lowest BCUT2D eigenvalue weighted by molar-refractivity contribution is 0.659. The summed E-state index contributed by atoms with van der Waals surface area (Å²) in [6, 6.07) is 49.7. The Morgan fingerprint density at radius 3 is 1.93 bits per heavy atom. The van der Waals surface area contributed by atoms with E-state index in [1.54, 1.807) is 0 Å². The van der Waals surface area contributed by atoms with Crippen LogP contribution in [-0.2, 0) is 18.3 Å². The van der Waals surface area contributed by atoms with Crippen LogP contribution < -0.4 is 9.80 Å². The Hall–Kier alpha value is -6.12. The summed E-state index contributed by atoms with van der Waals surface area (Å²) in [6.07, 6.45) is 15.0. The van der Waals surface area contributed by atoms with E-state index in [2.05, 4.69) is 189 Å². The Morgan fingerprint density at radius 2 is 1.18 bits per heavy atom. The Morgan fingerprint density at radius 1 is 0.582 bits per heavy atom. The summed E-state index contributed by atoms with van der Waals surface area (Å²) in [5, 5.41) is 0. The van der Waals surface area contributed by atoms with Gasteiger partial charge in [-0.05, 0) is 130 Å². The third-order valence-corrected chi connectivity index (χ3v) is 12.1. The molecule has 3 aliphatic rings. The van der Waals surface area contributed by atoms with Gasteiger partial charge in [0.05, 0.1) is 0 Å². The van der Waals surface area contributed by atoms with Gasteiger partial charge in [-0.15, -0.1) is 0 Å². The highest BCUT2D eigenvalue weighted by Crippen LogP contribution is 2.51. The molecule has 55 heavy (non-hydrogen) atoms. The topological polar surface area (TPSA) is 6.48 Å². The number of nitrogens with zero attached hydrogens (tertiary/aromatic N) is 2. The Bertz CT molecular complexity index is 2510. The fourth-order valence-electron chi connectivity index (χ4n) is 9.03. The van der Waals surface area contributed by atoms with Crippen LogP contribution in [0.4, 0.5) is 22.7 Å². The Labute approximate surface area is 327 Å². The summed E-state index contributed by atoms with van der Waals surface area (Å²) >= 11 is 0. The fraction of sp³-hybridized carbons (Fsp3) is 0.170. The monoisotopic (exact) mass is 712 g/mol. The first-order valence-corrected chi connectivity index (χ1v) is 19.8. The molecule has 0 saturated heterocycles. The second-order valence-electron chi connectivity index (χ2n) is 15.7. The molecule has 2 nitrogen and oxygen atoms in total. The largest absolute Gasteiger partial charge is 0.341 e. The molecule has 0 N–H and O–H groups in total. The quantitative estimate of drug-likeness (QED) is 0.120. The van der Waals surface area contributed by atoms with Crippen molar-refractivity contribution < 1.29 is 0 Å². The highest BCUT2D eigenvalue weighted by atomic mass is 15.2. The van der Waals surface area contributed by atoms with Gasteiger partial charge in [0, 0.05) is 40.4 Å². The van der Waals surface area contributed by atoms with Gasteiger partial charge < -0.3 is 9.80 Å². The van der Waals surface area contributed by atoms with Crippen LogP contribution >= 0.6 is 0 Å². The molecule has 2 aliphatic heterocycles. The van der Waals surface area contributed by atoms with Gasteiger partial charge in [-0.2, -0.15) is 0 Å². The molecule has 0 radical (unpaired) electrons. The summed E-state index contributed by atoms with van der Waals surface area (Å²) in [6.45, 7) is 12.0. The number of para-hydroxylation sites is 2. The number of fused-ring (bicyclic) bond motifs is 5. The lowest BCUT2D eigenvalue weighted by atomic mass is 9.81. The molecule has 270 valence electrons. The van der Waals surface area contributed by atoms with Crippen molar-refractivity contribution in [1.82, 2.24) is 0 Å². The second-order valence-corrected chi connectivity index (χ2v) is 15.7. The van der Waals surface area contributed by atoms with Gasteiger partial charge in [-0.3, -0.25) is 0 Å². The zero-order valence-corrected chi connectivity index (χ0v) is 32.2. The minimum Gasteiger partial charge on any atom is -0.341 e. The molecule has 0 bridgehead atoms. The maximum absolute atomic E-state index is 3.89. The average Bonchev–Trinajstić information content (AvgIpc) is 3.35. The zero-order chi connectivity index (χ0) is 37.5. The van der Waals surface area contributed by atoms with Crippen LogP contribution in [0.3, 0.4) is 0 Å². The predicted octanol–water partition coefficient (Wildman–Crippen LogP) is 14.0. The molecule has 0 atom stereocenters. The van der Waals surface area contributed by atoms with Crippen molar-refractivity contribution in [3.05, 3.63) is 203 Å². The summed E-state index contributed by atoms with van der Waals surface area (Å²) in [4.78, 5) is 4.92. The van der Waals surface area contributed by atoms with E-state index < -0.39 is 0 Å². The minimum absolute atomic E-state index is 0.0759. The molecule has 0 spiro atoms. The SMILES string of the molecule is C=CC=CC1=C(C)N(c2ccc(-c3ccc(C=Cc4ccc5c(c4)C(C)(C)c4cc(N6CCCc7ccccc76)ccc4-5)cc3)cc2)c2ccccc2CC1. The molecular formula is C53H48N2. The van der Waals surface area contributed by atoms with Gasteiger partial charge in [0.15, 0.2) is 0 Å². The lowest BCUT2D eigenvalue weighted by Crippen LogP contribution is -2.25. The van der Waals surface area contributed by atoms with Crippen molar-refractivity contribution in [2.45, 2.75) is 51.9 Å². The molecule has 0 aromatic heterocycles. The number of rotatable bonds is 7. The van der Waals surface area contributed by atoms with Crippen LogP contribution in [0.25, 0.3) is 34.4 Å². The van der Waals surface area contributed by atoms with E-state index in [-0.39, 0.29) is 5.41 Å². The van der Waals surface area contributed by atoms with Crippen LogP contribution in [0.1, 0.15) is 67.0 Å². The van der Waals surface area contributed by atoms with Gasteiger partial charge >= 0.3 is 0 Å². The number of hydrogen-bond acceptors (Lipinski definition) is 2. The van der Waals surface area contributed by atoms with Crippen LogP contribution in [0, 0.1) is 0 Å². The molecular weight excluding hydrogens is 665 g/mol. The van der Waals surface area contributed by atoms with Gasteiger partial charge in [0.2, 0.25) is 0 Å². The van der Waals surface area contributed by atoms with E-state index in [1.165, 1.54) is 96.1 Å².